The minimum absolute atomic E-state index is 0.0310. The Bertz CT molecular complexity index is 2730. The first kappa shape index (κ1) is 72.8. The Morgan fingerprint density at radius 3 is 2.06 bits per heavy atom. The minimum Gasteiger partial charge on any atom is -0.379 e. The van der Waals surface area contributed by atoms with E-state index >= 15 is 0 Å². The Morgan fingerprint density at radius 2 is 1.43 bits per heavy atom. The third-order valence-electron chi connectivity index (χ3n) is 17.5. The van der Waals surface area contributed by atoms with Crippen LogP contribution in [0.4, 0.5) is 0 Å². The Balaban J connectivity index is 0.880. The van der Waals surface area contributed by atoms with Crippen LogP contribution in [0.15, 0.2) is 60.7 Å². The van der Waals surface area contributed by atoms with Gasteiger partial charge in [0.1, 0.15) is 0 Å². The molecular formula is C66H101N9O12S2. The van der Waals surface area contributed by atoms with Crippen molar-refractivity contribution in [2.45, 2.75) is 170 Å². The Morgan fingerprint density at radius 1 is 0.775 bits per heavy atom. The van der Waals surface area contributed by atoms with Crippen LogP contribution >= 0.6 is 23.5 Å². The van der Waals surface area contributed by atoms with E-state index in [9.17, 15) is 28.8 Å². The van der Waals surface area contributed by atoms with Gasteiger partial charge in [0, 0.05) is 74.5 Å². The van der Waals surface area contributed by atoms with Crippen LogP contribution in [0.2, 0.25) is 0 Å². The van der Waals surface area contributed by atoms with E-state index in [-0.39, 0.29) is 54.3 Å². The molecule has 3 unspecified atom stereocenters. The molecule has 2 aromatic carbocycles. The van der Waals surface area contributed by atoms with Gasteiger partial charge in [-0.1, -0.05) is 103 Å². The molecule has 89 heavy (non-hydrogen) atoms. The number of hydrogen-bond donors (Lipinski definition) is 5. The van der Waals surface area contributed by atoms with Gasteiger partial charge < -0.3 is 49.4 Å². The molecule has 21 nitrogen and oxygen atoms in total. The van der Waals surface area contributed by atoms with Crippen molar-refractivity contribution >= 4 is 70.0 Å². The third kappa shape index (κ3) is 22.8. The van der Waals surface area contributed by atoms with Crippen LogP contribution < -0.4 is 21.4 Å². The Labute approximate surface area is 536 Å². The molecular weight excluding hydrogens is 1170 g/mol. The number of aromatic nitrogens is 2. The number of amides is 6. The maximum atomic E-state index is 14.4. The number of nitrogens with zero attached hydrogens (tertiary/aromatic N) is 5. The summed E-state index contributed by atoms with van der Waals surface area (Å²) < 4.78 is 29.3. The van der Waals surface area contributed by atoms with Crippen molar-refractivity contribution in [3.8, 4) is 0 Å². The van der Waals surface area contributed by atoms with E-state index < -0.39 is 48.2 Å². The van der Waals surface area contributed by atoms with Crippen LogP contribution in [-0.4, -0.2) is 206 Å². The summed E-state index contributed by atoms with van der Waals surface area (Å²) in [4.78, 5) is 96.4. The number of likely N-dealkylation sites (N-methyl/N-ethyl adjacent to an activating group) is 2. The van der Waals surface area contributed by atoms with Crippen LogP contribution in [0.5, 0.6) is 0 Å². The van der Waals surface area contributed by atoms with Crippen molar-refractivity contribution in [3.63, 3.8) is 0 Å². The van der Waals surface area contributed by atoms with E-state index in [0.29, 0.717) is 101 Å². The second-order valence-corrected chi connectivity index (χ2v) is 26.8. The average Bonchev–Trinajstić information content (AvgIpc) is 2.44. The van der Waals surface area contributed by atoms with Gasteiger partial charge in [0.15, 0.2) is 0 Å². The van der Waals surface area contributed by atoms with Gasteiger partial charge in [-0.2, -0.15) is 23.5 Å². The quantitative estimate of drug-likeness (QED) is 0.0172. The Kier molecular flexibility index (Phi) is 31.6. The summed E-state index contributed by atoms with van der Waals surface area (Å²) in [6.45, 7) is 12.8. The lowest BCUT2D eigenvalue weighted by Gasteiger charge is -2.39. The molecule has 2 fully saturated rings. The molecule has 6 rings (SSSR count). The van der Waals surface area contributed by atoms with E-state index in [1.54, 1.807) is 29.3 Å². The zero-order valence-electron chi connectivity index (χ0n) is 54.1. The van der Waals surface area contributed by atoms with Crippen LogP contribution in [0.25, 0.3) is 11.0 Å². The first-order chi connectivity index (χ1) is 43.0. The number of fused-ring (bicyclic) bond motifs is 4. The Hall–Kier alpha value is -5.24. The van der Waals surface area contributed by atoms with Crippen molar-refractivity contribution in [2.75, 3.05) is 94.1 Å². The van der Waals surface area contributed by atoms with Crippen LogP contribution in [0, 0.1) is 17.8 Å². The van der Waals surface area contributed by atoms with Crippen molar-refractivity contribution in [3.05, 3.63) is 83.2 Å². The zero-order valence-corrected chi connectivity index (χ0v) is 55.7. The van der Waals surface area contributed by atoms with Crippen LogP contribution in [-0.2, 0) is 65.6 Å². The zero-order chi connectivity index (χ0) is 64.2. The number of ether oxygens (including phenoxy) is 5. The third-order valence-corrected chi connectivity index (χ3v) is 20.2. The smallest absolute Gasteiger partial charge is 0.267 e. The lowest BCUT2D eigenvalue weighted by Crippen LogP contribution is -2.55. The van der Waals surface area contributed by atoms with Crippen molar-refractivity contribution in [1.82, 2.24) is 46.1 Å². The lowest BCUT2D eigenvalue weighted by molar-refractivity contribution is -0.146. The number of hydroxylamine groups is 1. The van der Waals surface area contributed by atoms with Crippen LogP contribution in [0.3, 0.4) is 0 Å². The summed E-state index contributed by atoms with van der Waals surface area (Å²) in [5, 5.41) is 19.2. The van der Waals surface area contributed by atoms with Crippen molar-refractivity contribution in [1.29, 1.82) is 0 Å². The highest BCUT2D eigenvalue weighted by Crippen LogP contribution is 2.38. The molecule has 3 aromatic rings. The molecule has 0 radical (unpaired) electrons. The predicted octanol–water partition coefficient (Wildman–Crippen LogP) is 7.15. The van der Waals surface area contributed by atoms with Crippen molar-refractivity contribution in [2.24, 2.45) is 17.8 Å². The summed E-state index contributed by atoms with van der Waals surface area (Å²) in [6.07, 6.45) is 12.8. The highest BCUT2D eigenvalue weighted by Gasteiger charge is 2.42. The topological polar surface area (TPSA) is 252 Å². The molecule has 494 valence electrons. The normalized spacial score (nSPS) is 19.7. The molecule has 23 heteroatoms. The van der Waals surface area contributed by atoms with Gasteiger partial charge >= 0.3 is 0 Å². The number of hydrogen-bond acceptors (Lipinski definition) is 17. The molecule has 1 saturated heterocycles. The number of carbonyl (C=O) groups excluding carboxylic acids is 6. The maximum Gasteiger partial charge on any atom is 0.267 e. The van der Waals surface area contributed by atoms with Gasteiger partial charge in [-0.05, 0) is 81.2 Å². The number of thioether (sulfide) groups is 2. The molecule has 2 aliphatic heterocycles. The number of methoxy groups -OCH3 is 2. The molecule has 3 aliphatic rings. The molecule has 10 atom stereocenters. The van der Waals surface area contributed by atoms with Gasteiger partial charge in [0.2, 0.25) is 23.6 Å². The number of nitrogens with one attached hydrogen (secondary N) is 4. The van der Waals surface area contributed by atoms with E-state index in [1.165, 1.54) is 65.2 Å². The molecule has 1 saturated carbocycles. The molecule has 1 aromatic heterocycles. The van der Waals surface area contributed by atoms with E-state index in [0.717, 1.165) is 45.6 Å². The highest BCUT2D eigenvalue weighted by atomic mass is 32.2. The number of rotatable bonds is 34. The lowest BCUT2D eigenvalue weighted by atomic mass is 9.90. The second kappa shape index (κ2) is 38.6. The number of carbonyl (C=O) groups is 6. The van der Waals surface area contributed by atoms with Crippen LogP contribution in [0.1, 0.15) is 133 Å². The van der Waals surface area contributed by atoms with E-state index in [4.69, 9.17) is 38.9 Å². The summed E-state index contributed by atoms with van der Waals surface area (Å²) in [5.41, 5.74) is 6.73. The fourth-order valence-electron chi connectivity index (χ4n) is 12.4. The van der Waals surface area contributed by atoms with Crippen molar-refractivity contribution < 1.29 is 57.7 Å². The average molecular weight is 1280 g/mol. The standard InChI is InChI=1S/C66H101N9O12S2/c1-10-45(4)62(57(83-8)40-59(77)75-29-18-23-56(75)63(84-9)46(5)64(79)69-49(25-27-58(76)72-82)37-47-19-14-13-15-20-47)74(7)60(78)41-68-66(81)61(44(2)3)73(6)30-32-86-34-36-87-35-33-85-31-28-67-65(80)48-24-26-52-53(38-48)71-55-43-89-51-22-17-12-11-16-21-50(39-51)88-42-54(55)70-52/h13-15,19-20,24-27,38,44-46,49-51,56-57,61-63,82H,10-12,16-18,21-23,28-37,39-43H2,1-9H3,(H,67,80)(H,68,81)(H,69,79)(H,72,76)/b27-25+/t45-,46+,49+,50?,51?,56-,57+,61?,62-,63+/m0/s1. The largest absolute Gasteiger partial charge is 0.379 e. The van der Waals surface area contributed by atoms with Gasteiger partial charge in [-0.3, -0.25) is 38.9 Å². The molecule has 5 N–H and O–H groups in total. The van der Waals surface area contributed by atoms with Gasteiger partial charge in [-0.25, -0.2) is 15.4 Å². The molecule has 2 bridgehead atoms. The second-order valence-electron chi connectivity index (χ2n) is 24.2. The van der Waals surface area contributed by atoms with E-state index in [1.807, 2.05) is 112 Å². The fourth-order valence-corrected chi connectivity index (χ4v) is 15.1. The predicted molar refractivity (Wildman–Crippen MR) is 348 cm³/mol. The van der Waals surface area contributed by atoms with E-state index in [2.05, 4.69) is 16.0 Å². The number of benzene rings is 2. The first-order valence-electron chi connectivity index (χ1n) is 32.1. The van der Waals surface area contributed by atoms with Gasteiger partial charge in [-0.15, -0.1) is 0 Å². The monoisotopic (exact) mass is 1280 g/mol. The minimum atomic E-state index is -0.727. The molecule has 0 spiro atoms. The summed E-state index contributed by atoms with van der Waals surface area (Å²) in [5.74, 6) is -1.17. The summed E-state index contributed by atoms with van der Waals surface area (Å²) >= 11 is 4.08. The number of likely N-dealkylation sites (tertiary alicyclic amines) is 1. The molecule has 3 heterocycles. The highest BCUT2D eigenvalue weighted by molar-refractivity contribution is 8.00. The maximum absolute atomic E-state index is 14.4. The summed E-state index contributed by atoms with van der Waals surface area (Å²) in [6, 6.07) is 13.0. The molecule has 1 aliphatic carbocycles. The fraction of sp³-hybridized carbons (Fsp3) is 0.667. The van der Waals surface area contributed by atoms with Gasteiger partial charge in [0.05, 0.1) is 117 Å². The SMILES string of the molecule is CC[C@H](C)[C@@H]([C@@H](CC(=O)N1CCC[C@H]1[C@H](OC)[C@@H](C)C(=O)N[C@H](/C=C/C(=O)NO)Cc1ccccc1)OC)N(C)C(=O)CNC(=O)C(C(C)C)N(C)CCOCCOCCOCCNC(=O)c1ccc2nc3c(nc2c1)CSC1CCCCCCC(C1)SC3. The molecule has 6 amide bonds. The van der Waals surface area contributed by atoms with Gasteiger partial charge in [0.25, 0.3) is 11.8 Å². The summed E-state index contributed by atoms with van der Waals surface area (Å²) in [7, 11) is 6.59. The first-order valence-corrected chi connectivity index (χ1v) is 34.2.